The fraction of sp³-hybridized carbons (Fsp3) is 0.143. The average molecular weight is 587 g/mol. The molecule has 1 heterocycles. The molecule has 2 N–H and O–H groups in total. The SMILES string of the molecule is COc1ccc(C(Cc2nc(NCc3ccccc3Sc3ccccc3CO)nc3ccccc23)N=O)c2ccccc12. The third-order valence-corrected chi connectivity index (χ3v) is 8.70. The van der Waals surface area contributed by atoms with Gasteiger partial charge in [0.2, 0.25) is 5.95 Å². The van der Waals surface area contributed by atoms with Crippen molar-refractivity contribution in [1.29, 1.82) is 0 Å². The van der Waals surface area contributed by atoms with Crippen LogP contribution in [0.1, 0.15) is 28.4 Å². The van der Waals surface area contributed by atoms with Gasteiger partial charge < -0.3 is 15.2 Å². The van der Waals surface area contributed by atoms with Gasteiger partial charge in [-0.1, -0.05) is 102 Å². The molecule has 0 saturated heterocycles. The zero-order valence-electron chi connectivity index (χ0n) is 23.6. The number of anilines is 1. The number of aromatic nitrogens is 2. The van der Waals surface area contributed by atoms with Crippen LogP contribution in [0.5, 0.6) is 5.75 Å². The van der Waals surface area contributed by atoms with Crippen LogP contribution < -0.4 is 10.1 Å². The van der Waals surface area contributed by atoms with E-state index in [2.05, 4.69) is 22.6 Å². The summed E-state index contributed by atoms with van der Waals surface area (Å²) >= 11 is 1.62. The summed E-state index contributed by atoms with van der Waals surface area (Å²) in [4.78, 5) is 24.1. The molecule has 0 bridgehead atoms. The molecule has 6 rings (SSSR count). The molecule has 6 aromatic rings. The predicted molar refractivity (Wildman–Crippen MR) is 173 cm³/mol. The second-order valence-corrected chi connectivity index (χ2v) is 11.2. The molecule has 0 aliphatic carbocycles. The van der Waals surface area contributed by atoms with Gasteiger partial charge in [0.05, 0.1) is 24.9 Å². The minimum Gasteiger partial charge on any atom is -0.496 e. The Morgan fingerprint density at radius 2 is 1.44 bits per heavy atom. The first-order chi connectivity index (χ1) is 21.2. The van der Waals surface area contributed by atoms with Gasteiger partial charge in [0.25, 0.3) is 0 Å². The summed E-state index contributed by atoms with van der Waals surface area (Å²) < 4.78 is 5.55. The van der Waals surface area contributed by atoms with Crippen LogP contribution in [0.3, 0.4) is 0 Å². The van der Waals surface area contributed by atoms with E-state index in [4.69, 9.17) is 14.7 Å². The Bertz CT molecular complexity index is 1910. The molecule has 0 spiro atoms. The van der Waals surface area contributed by atoms with Gasteiger partial charge in [-0.15, -0.1) is 0 Å². The highest BCUT2D eigenvalue weighted by atomic mass is 32.2. The van der Waals surface area contributed by atoms with E-state index in [-0.39, 0.29) is 6.61 Å². The van der Waals surface area contributed by atoms with E-state index in [1.54, 1.807) is 18.9 Å². The van der Waals surface area contributed by atoms with Gasteiger partial charge in [-0.2, -0.15) is 4.91 Å². The van der Waals surface area contributed by atoms with Gasteiger partial charge in [0.1, 0.15) is 11.8 Å². The van der Waals surface area contributed by atoms with Crippen LogP contribution in [-0.4, -0.2) is 22.2 Å². The molecule has 7 nitrogen and oxygen atoms in total. The number of nitrogens with zero attached hydrogens (tertiary/aromatic N) is 3. The van der Waals surface area contributed by atoms with Crippen LogP contribution in [0, 0.1) is 4.91 Å². The number of nitrogens with one attached hydrogen (secondary N) is 1. The number of aliphatic hydroxyl groups excluding tert-OH is 1. The maximum absolute atomic E-state index is 12.3. The Morgan fingerprint density at radius 1 is 0.791 bits per heavy atom. The molecular weight excluding hydrogens is 556 g/mol. The van der Waals surface area contributed by atoms with E-state index in [0.717, 1.165) is 59.6 Å². The van der Waals surface area contributed by atoms with Crippen LogP contribution in [0.15, 0.2) is 124 Å². The van der Waals surface area contributed by atoms with E-state index >= 15 is 0 Å². The van der Waals surface area contributed by atoms with Crippen molar-refractivity contribution in [2.45, 2.75) is 35.4 Å². The highest BCUT2D eigenvalue weighted by Crippen LogP contribution is 2.36. The van der Waals surface area contributed by atoms with Crippen molar-refractivity contribution >= 4 is 39.4 Å². The topological polar surface area (TPSA) is 96.7 Å². The van der Waals surface area contributed by atoms with E-state index in [0.29, 0.717) is 18.9 Å². The number of aliphatic hydroxyl groups is 1. The molecule has 0 radical (unpaired) electrons. The van der Waals surface area contributed by atoms with Crippen LogP contribution >= 0.6 is 11.8 Å². The highest BCUT2D eigenvalue weighted by molar-refractivity contribution is 7.99. The van der Waals surface area contributed by atoms with Gasteiger partial charge in [-0.3, -0.25) is 0 Å². The molecule has 0 aliphatic rings. The number of ether oxygens (including phenoxy) is 1. The Hall–Kier alpha value is -4.79. The summed E-state index contributed by atoms with van der Waals surface area (Å²) in [6.45, 7) is 0.487. The number of fused-ring (bicyclic) bond motifs is 2. The average Bonchev–Trinajstić information content (AvgIpc) is 3.06. The largest absolute Gasteiger partial charge is 0.496 e. The van der Waals surface area contributed by atoms with Crippen molar-refractivity contribution in [3.63, 3.8) is 0 Å². The second-order valence-electron chi connectivity index (χ2n) is 10.1. The second kappa shape index (κ2) is 13.0. The molecule has 43 heavy (non-hydrogen) atoms. The fourth-order valence-electron chi connectivity index (χ4n) is 5.30. The summed E-state index contributed by atoms with van der Waals surface area (Å²) in [6, 6.07) is 34.9. The lowest BCUT2D eigenvalue weighted by molar-refractivity contribution is 0.279. The number of rotatable bonds is 11. The van der Waals surface area contributed by atoms with Crippen molar-refractivity contribution in [1.82, 2.24) is 9.97 Å². The monoisotopic (exact) mass is 586 g/mol. The van der Waals surface area contributed by atoms with Crippen molar-refractivity contribution in [2.24, 2.45) is 5.18 Å². The van der Waals surface area contributed by atoms with Gasteiger partial charge in [-0.05, 0) is 46.3 Å². The summed E-state index contributed by atoms with van der Waals surface area (Å²) in [5.74, 6) is 1.23. The molecule has 5 aromatic carbocycles. The molecule has 0 fully saturated rings. The maximum atomic E-state index is 12.3. The molecule has 214 valence electrons. The lowest BCUT2D eigenvalue weighted by atomic mass is 9.95. The van der Waals surface area contributed by atoms with E-state index in [1.165, 1.54) is 0 Å². The zero-order valence-corrected chi connectivity index (χ0v) is 24.4. The molecule has 0 amide bonds. The molecule has 1 unspecified atom stereocenters. The lowest BCUT2D eigenvalue weighted by Gasteiger charge is -2.16. The van der Waals surface area contributed by atoms with Gasteiger partial charge >= 0.3 is 0 Å². The van der Waals surface area contributed by atoms with E-state index in [1.807, 2.05) is 97.1 Å². The minimum absolute atomic E-state index is 0.0136. The van der Waals surface area contributed by atoms with Crippen LogP contribution in [-0.2, 0) is 19.6 Å². The van der Waals surface area contributed by atoms with Crippen LogP contribution in [0.4, 0.5) is 5.95 Å². The smallest absolute Gasteiger partial charge is 0.223 e. The van der Waals surface area contributed by atoms with Crippen molar-refractivity contribution in [2.75, 3.05) is 12.4 Å². The number of nitroso groups, excluding NO2 is 1. The molecule has 0 aliphatic heterocycles. The number of para-hydroxylation sites is 1. The molecule has 1 atom stereocenters. The first-order valence-electron chi connectivity index (χ1n) is 14.0. The molecule has 0 saturated carbocycles. The Balaban J connectivity index is 1.30. The Labute approximate surface area is 254 Å². The van der Waals surface area contributed by atoms with Crippen molar-refractivity contribution < 1.29 is 9.84 Å². The van der Waals surface area contributed by atoms with Crippen LogP contribution in [0.2, 0.25) is 0 Å². The highest BCUT2D eigenvalue weighted by Gasteiger charge is 2.20. The molecule has 8 heteroatoms. The number of hydrogen-bond donors (Lipinski definition) is 2. The lowest BCUT2D eigenvalue weighted by Crippen LogP contribution is -2.09. The number of hydrogen-bond acceptors (Lipinski definition) is 8. The summed E-state index contributed by atoms with van der Waals surface area (Å²) in [5, 5.41) is 19.5. The fourth-order valence-corrected chi connectivity index (χ4v) is 6.37. The first kappa shape index (κ1) is 28.3. The summed E-state index contributed by atoms with van der Waals surface area (Å²) in [7, 11) is 1.64. The van der Waals surface area contributed by atoms with Crippen molar-refractivity contribution in [3.05, 3.63) is 136 Å². The van der Waals surface area contributed by atoms with Gasteiger partial charge in [-0.25, -0.2) is 9.97 Å². The minimum atomic E-state index is -0.648. The third-order valence-electron chi connectivity index (χ3n) is 7.47. The van der Waals surface area contributed by atoms with Gasteiger partial charge in [0, 0.05) is 33.5 Å². The third kappa shape index (κ3) is 6.07. The number of benzene rings is 5. The quantitative estimate of drug-likeness (QED) is 0.148. The van der Waals surface area contributed by atoms with Gasteiger partial charge in [0.15, 0.2) is 0 Å². The molecular formula is C35H30N4O3S. The standard InChI is InChI=1S/C35H30N4O3S/c1-42-32-19-18-26(25-12-4-5-13-27(25)32)31(39-41)20-30-28-14-6-7-15-29(28)37-35(38-30)36-21-23-10-2-8-16-33(23)43-34-17-9-3-11-24(34)22-40/h2-19,31,40H,20-22H2,1H3,(H,36,37,38). The van der Waals surface area contributed by atoms with E-state index < -0.39 is 6.04 Å². The Morgan fingerprint density at radius 3 is 2.19 bits per heavy atom. The zero-order chi connectivity index (χ0) is 29.6. The molecule has 1 aromatic heterocycles. The normalized spacial score (nSPS) is 11.9. The Kier molecular flexibility index (Phi) is 8.58. The van der Waals surface area contributed by atoms with E-state index in [9.17, 15) is 10.0 Å². The summed E-state index contributed by atoms with van der Waals surface area (Å²) in [6.07, 6.45) is 0.321. The predicted octanol–water partition coefficient (Wildman–Crippen LogP) is 8.10. The van der Waals surface area contributed by atoms with Crippen LogP contribution in [0.25, 0.3) is 21.7 Å². The first-order valence-corrected chi connectivity index (χ1v) is 14.8. The number of methoxy groups -OCH3 is 1. The van der Waals surface area contributed by atoms with Crippen molar-refractivity contribution in [3.8, 4) is 5.75 Å². The maximum Gasteiger partial charge on any atom is 0.223 e. The summed E-state index contributed by atoms with van der Waals surface area (Å²) in [5.41, 5.74) is 4.34.